The Balaban J connectivity index is -0.000000376. The van der Waals surface area contributed by atoms with Crippen LogP contribution in [0.4, 0.5) is 8.78 Å². The van der Waals surface area contributed by atoms with E-state index in [2.05, 4.69) is 11.9 Å². The van der Waals surface area contributed by atoms with Crippen molar-refractivity contribution >= 4 is 0 Å². The standard InChI is InChI=1S/C9H11F2N.2C2H6/c1-3-4-8(10)7-9(11)5-6-12-2;2*1-2/h3-7,12H,1H2,2H3;2*1-2H3/b6-5+,8-4-,9-7+;;. The first-order chi connectivity index (χ1) is 7.70. The molecule has 1 nitrogen and oxygen atoms in total. The first-order valence-corrected chi connectivity index (χ1v) is 5.40. The van der Waals surface area contributed by atoms with Crippen LogP contribution in [0.2, 0.25) is 0 Å². The third kappa shape index (κ3) is 18.4. The van der Waals surface area contributed by atoms with Crippen molar-refractivity contribution in [3.05, 3.63) is 48.7 Å². The van der Waals surface area contributed by atoms with Crippen LogP contribution in [0.25, 0.3) is 0 Å². The lowest BCUT2D eigenvalue weighted by Gasteiger charge is -1.87. The summed E-state index contributed by atoms with van der Waals surface area (Å²) in [5.41, 5.74) is 0. The van der Waals surface area contributed by atoms with E-state index >= 15 is 0 Å². The fraction of sp³-hybridized carbons (Fsp3) is 0.385. The SMILES string of the molecule is C=C/C=C(F)/C=C(F)\C=C\NC.CC.CC. The second kappa shape index (κ2) is 19.2. The van der Waals surface area contributed by atoms with Crippen LogP contribution in [0.15, 0.2) is 48.7 Å². The van der Waals surface area contributed by atoms with Crippen LogP contribution in [0.1, 0.15) is 27.7 Å². The summed E-state index contributed by atoms with van der Waals surface area (Å²) in [4.78, 5) is 0. The molecule has 0 aromatic carbocycles. The molecule has 0 atom stereocenters. The van der Waals surface area contributed by atoms with Gasteiger partial charge in [0.05, 0.1) is 0 Å². The molecule has 0 aliphatic rings. The van der Waals surface area contributed by atoms with E-state index < -0.39 is 11.7 Å². The van der Waals surface area contributed by atoms with Crippen LogP contribution < -0.4 is 5.32 Å². The van der Waals surface area contributed by atoms with Crippen LogP contribution in [-0.4, -0.2) is 7.05 Å². The molecular weight excluding hydrogens is 208 g/mol. The molecule has 0 saturated carbocycles. The maximum atomic E-state index is 12.6. The predicted molar refractivity (Wildman–Crippen MR) is 69.5 cm³/mol. The summed E-state index contributed by atoms with van der Waals surface area (Å²) in [7, 11) is 1.62. The summed E-state index contributed by atoms with van der Waals surface area (Å²) in [6.07, 6.45) is 5.59. The highest BCUT2D eigenvalue weighted by molar-refractivity contribution is 5.23. The molecule has 0 unspecified atom stereocenters. The van der Waals surface area contributed by atoms with Crippen molar-refractivity contribution in [2.45, 2.75) is 27.7 Å². The molecule has 0 fully saturated rings. The molecule has 0 aromatic rings. The Hall–Kier alpha value is -1.38. The molecule has 0 aliphatic carbocycles. The zero-order chi connectivity index (χ0) is 13.4. The highest BCUT2D eigenvalue weighted by Crippen LogP contribution is 2.06. The Morgan fingerprint density at radius 2 is 1.56 bits per heavy atom. The van der Waals surface area contributed by atoms with Gasteiger partial charge in [-0.1, -0.05) is 40.3 Å². The van der Waals surface area contributed by atoms with E-state index in [9.17, 15) is 8.78 Å². The van der Waals surface area contributed by atoms with E-state index in [1.54, 1.807) is 7.05 Å². The van der Waals surface area contributed by atoms with Gasteiger partial charge in [0.15, 0.2) is 0 Å². The van der Waals surface area contributed by atoms with Crippen molar-refractivity contribution in [1.82, 2.24) is 5.32 Å². The number of nitrogens with one attached hydrogen (secondary N) is 1. The van der Waals surface area contributed by atoms with Gasteiger partial charge in [-0.3, -0.25) is 0 Å². The van der Waals surface area contributed by atoms with E-state index in [1.165, 1.54) is 12.3 Å². The number of hydrogen-bond acceptors (Lipinski definition) is 1. The third-order valence-electron chi connectivity index (χ3n) is 0.962. The Morgan fingerprint density at radius 1 is 1.06 bits per heavy atom. The lowest BCUT2D eigenvalue weighted by molar-refractivity contribution is 0.630. The first kappa shape index (κ1) is 20.1. The molecule has 1 N–H and O–H groups in total. The molecule has 3 heteroatoms. The second-order valence-corrected chi connectivity index (χ2v) is 1.94. The van der Waals surface area contributed by atoms with Gasteiger partial charge >= 0.3 is 0 Å². The average molecular weight is 231 g/mol. The van der Waals surface area contributed by atoms with Crippen molar-refractivity contribution in [2.75, 3.05) is 7.05 Å². The van der Waals surface area contributed by atoms with Gasteiger partial charge in [-0.2, -0.15) is 0 Å². The zero-order valence-electron chi connectivity index (χ0n) is 10.8. The van der Waals surface area contributed by atoms with E-state index in [-0.39, 0.29) is 0 Å². The smallest absolute Gasteiger partial charge is 0.127 e. The van der Waals surface area contributed by atoms with Gasteiger partial charge in [0.2, 0.25) is 0 Å². The molecular formula is C13H23F2N. The molecule has 94 valence electrons. The monoisotopic (exact) mass is 231 g/mol. The van der Waals surface area contributed by atoms with E-state index in [1.807, 2.05) is 27.7 Å². The largest absolute Gasteiger partial charge is 0.394 e. The average Bonchev–Trinajstić information content (AvgIpc) is 2.32. The van der Waals surface area contributed by atoms with E-state index in [4.69, 9.17) is 0 Å². The molecule has 0 heterocycles. The molecule has 0 radical (unpaired) electrons. The molecule has 0 rings (SSSR count). The van der Waals surface area contributed by atoms with Gasteiger partial charge in [0.1, 0.15) is 11.7 Å². The zero-order valence-corrected chi connectivity index (χ0v) is 10.8. The Labute approximate surface area is 98.3 Å². The molecule has 0 bridgehead atoms. The summed E-state index contributed by atoms with van der Waals surface area (Å²) in [5.74, 6) is -1.32. The Bertz CT molecular complexity index is 228. The van der Waals surface area contributed by atoms with Crippen LogP contribution in [-0.2, 0) is 0 Å². The summed E-state index contributed by atoms with van der Waals surface area (Å²) in [6.45, 7) is 11.3. The molecule has 0 aromatic heterocycles. The minimum absolute atomic E-state index is 0.653. The number of rotatable bonds is 4. The van der Waals surface area contributed by atoms with Crippen LogP contribution in [0.5, 0.6) is 0 Å². The minimum atomic E-state index is -0.664. The van der Waals surface area contributed by atoms with Crippen LogP contribution in [0.3, 0.4) is 0 Å². The molecule has 0 aliphatic heterocycles. The molecule has 0 amide bonds. The summed E-state index contributed by atoms with van der Waals surface area (Å²) >= 11 is 0. The fourth-order valence-electron chi connectivity index (χ4n) is 0.503. The van der Waals surface area contributed by atoms with Gasteiger partial charge < -0.3 is 5.32 Å². The van der Waals surface area contributed by atoms with Crippen molar-refractivity contribution in [3.63, 3.8) is 0 Å². The summed E-state index contributed by atoms with van der Waals surface area (Å²) < 4.78 is 25.1. The topological polar surface area (TPSA) is 12.0 Å². The van der Waals surface area contributed by atoms with Gasteiger partial charge in [-0.15, -0.1) is 0 Å². The van der Waals surface area contributed by atoms with Gasteiger partial charge in [0, 0.05) is 13.1 Å². The minimum Gasteiger partial charge on any atom is -0.394 e. The van der Waals surface area contributed by atoms with E-state index in [0.717, 1.165) is 18.2 Å². The predicted octanol–water partition coefficient (Wildman–Crippen LogP) is 4.66. The quantitative estimate of drug-likeness (QED) is 0.693. The normalized spacial score (nSPS) is 10.9. The van der Waals surface area contributed by atoms with Gasteiger partial charge in [-0.05, 0) is 18.4 Å². The number of hydrogen-bond donors (Lipinski definition) is 1. The maximum absolute atomic E-state index is 12.6. The second-order valence-electron chi connectivity index (χ2n) is 1.94. The summed E-state index contributed by atoms with van der Waals surface area (Å²) in [5, 5.41) is 2.58. The highest BCUT2D eigenvalue weighted by atomic mass is 19.1. The van der Waals surface area contributed by atoms with Crippen molar-refractivity contribution in [2.24, 2.45) is 0 Å². The fourth-order valence-corrected chi connectivity index (χ4v) is 0.503. The Morgan fingerprint density at radius 3 is 1.94 bits per heavy atom. The molecule has 16 heavy (non-hydrogen) atoms. The lowest BCUT2D eigenvalue weighted by atomic mass is 10.4. The van der Waals surface area contributed by atoms with Crippen molar-refractivity contribution in [3.8, 4) is 0 Å². The first-order valence-electron chi connectivity index (χ1n) is 5.40. The van der Waals surface area contributed by atoms with Gasteiger partial charge in [-0.25, -0.2) is 8.78 Å². The number of halogens is 2. The van der Waals surface area contributed by atoms with Crippen molar-refractivity contribution < 1.29 is 8.78 Å². The molecule has 0 saturated heterocycles. The highest BCUT2D eigenvalue weighted by Gasteiger charge is 1.90. The van der Waals surface area contributed by atoms with E-state index in [0.29, 0.717) is 0 Å². The third-order valence-corrected chi connectivity index (χ3v) is 0.962. The van der Waals surface area contributed by atoms with Crippen LogP contribution >= 0.6 is 0 Å². The molecule has 0 spiro atoms. The van der Waals surface area contributed by atoms with Gasteiger partial charge in [0.25, 0.3) is 0 Å². The Kier molecular flexibility index (Phi) is 24.1. The van der Waals surface area contributed by atoms with Crippen LogP contribution in [0, 0.1) is 0 Å². The number of allylic oxidation sites excluding steroid dienone is 6. The van der Waals surface area contributed by atoms with Crippen molar-refractivity contribution in [1.29, 1.82) is 0 Å². The lowest BCUT2D eigenvalue weighted by Crippen LogP contribution is -1.90. The summed E-state index contributed by atoms with van der Waals surface area (Å²) in [6, 6.07) is 0. The maximum Gasteiger partial charge on any atom is 0.127 e.